The summed E-state index contributed by atoms with van der Waals surface area (Å²) in [5.74, 6) is 0.545. The second kappa shape index (κ2) is 8.74. The number of thioether (sulfide) groups is 1. The van der Waals surface area contributed by atoms with Gasteiger partial charge in [0, 0.05) is 41.8 Å². The van der Waals surface area contributed by atoms with Gasteiger partial charge >= 0.3 is 0 Å². The summed E-state index contributed by atoms with van der Waals surface area (Å²) in [6, 6.07) is 13.3. The van der Waals surface area contributed by atoms with E-state index in [1.54, 1.807) is 24.2 Å². The van der Waals surface area contributed by atoms with Gasteiger partial charge in [-0.25, -0.2) is 9.97 Å². The van der Waals surface area contributed by atoms with Crippen molar-refractivity contribution in [2.75, 3.05) is 24.7 Å². The fourth-order valence-electron chi connectivity index (χ4n) is 3.56. The molecule has 1 atom stereocenters. The maximum Gasteiger partial charge on any atom is 0.182 e. The Kier molecular flexibility index (Phi) is 5.91. The third-order valence-electron chi connectivity index (χ3n) is 5.05. The Hall–Kier alpha value is -2.40. The molecular formula is C21H21N5S2. The lowest BCUT2D eigenvalue weighted by Gasteiger charge is -2.35. The topological polar surface area (TPSA) is 64.8 Å². The van der Waals surface area contributed by atoms with Gasteiger partial charge in [0.15, 0.2) is 11.5 Å². The van der Waals surface area contributed by atoms with Gasteiger partial charge in [-0.1, -0.05) is 12.1 Å². The lowest BCUT2D eigenvalue weighted by Crippen LogP contribution is -2.37. The molecule has 5 nitrogen and oxygen atoms in total. The molecule has 0 radical (unpaired) electrons. The van der Waals surface area contributed by atoms with Gasteiger partial charge in [-0.15, -0.1) is 23.1 Å². The summed E-state index contributed by atoms with van der Waals surface area (Å²) in [6.07, 6.45) is 6.34. The quantitative estimate of drug-likeness (QED) is 0.613. The minimum Gasteiger partial charge on any atom is -0.366 e. The molecule has 1 aliphatic rings. The Bertz CT molecular complexity index is 977. The van der Waals surface area contributed by atoms with Crippen molar-refractivity contribution < 1.29 is 0 Å². The molecule has 0 spiro atoms. The standard InChI is InChI=1S/C21H21N5S2/c1-27-17-4-2-15(3-5-17)19(13-25-21-18(12-22)23-8-9-24-21)26-10-6-20-16(14-26)7-11-28-20/h2-5,7-9,11,19H,6,10,13-14H2,1H3,(H,24,25). The molecule has 7 heteroatoms. The zero-order valence-electron chi connectivity index (χ0n) is 15.6. The summed E-state index contributed by atoms with van der Waals surface area (Å²) in [7, 11) is 0. The van der Waals surface area contributed by atoms with Crippen molar-refractivity contribution in [2.24, 2.45) is 0 Å². The number of fused-ring (bicyclic) bond motifs is 1. The van der Waals surface area contributed by atoms with Crippen molar-refractivity contribution in [2.45, 2.75) is 23.9 Å². The molecule has 3 aromatic rings. The fraction of sp³-hybridized carbons (Fsp3) is 0.286. The van der Waals surface area contributed by atoms with Crippen LogP contribution in [0.1, 0.15) is 27.7 Å². The number of benzene rings is 1. The molecule has 3 heterocycles. The Labute approximate surface area is 173 Å². The summed E-state index contributed by atoms with van der Waals surface area (Å²) in [6.45, 7) is 2.64. The second-order valence-corrected chi connectivity index (χ2v) is 8.51. The molecule has 1 aromatic carbocycles. The van der Waals surface area contributed by atoms with Crippen LogP contribution in [0.3, 0.4) is 0 Å². The van der Waals surface area contributed by atoms with Crippen molar-refractivity contribution in [1.82, 2.24) is 14.9 Å². The SMILES string of the molecule is CSc1ccc(C(CNc2nccnc2C#N)N2CCc3sccc3C2)cc1. The van der Waals surface area contributed by atoms with Crippen LogP contribution in [-0.2, 0) is 13.0 Å². The summed E-state index contributed by atoms with van der Waals surface area (Å²) in [5.41, 5.74) is 3.03. The largest absolute Gasteiger partial charge is 0.366 e. The number of nitrogens with zero attached hydrogens (tertiary/aromatic N) is 4. The molecule has 0 aliphatic carbocycles. The lowest BCUT2D eigenvalue weighted by molar-refractivity contribution is 0.188. The number of hydrogen-bond acceptors (Lipinski definition) is 7. The molecule has 0 bridgehead atoms. The molecule has 28 heavy (non-hydrogen) atoms. The summed E-state index contributed by atoms with van der Waals surface area (Å²) in [5, 5.41) is 14.8. The predicted molar refractivity (Wildman–Crippen MR) is 115 cm³/mol. The number of nitriles is 1. The van der Waals surface area contributed by atoms with Gasteiger partial charge in [0.1, 0.15) is 6.07 Å². The van der Waals surface area contributed by atoms with Crippen molar-refractivity contribution >= 4 is 28.9 Å². The molecule has 1 aliphatic heterocycles. The number of aromatic nitrogens is 2. The third-order valence-corrected chi connectivity index (χ3v) is 6.81. The van der Waals surface area contributed by atoms with Crippen LogP contribution in [-0.4, -0.2) is 34.2 Å². The number of thiophene rings is 1. The van der Waals surface area contributed by atoms with Gasteiger partial charge in [-0.05, 0) is 47.4 Å². The zero-order chi connectivity index (χ0) is 19.3. The molecule has 2 aromatic heterocycles. The van der Waals surface area contributed by atoms with E-state index in [2.05, 4.69) is 68.2 Å². The number of rotatable bonds is 6. The van der Waals surface area contributed by atoms with E-state index in [0.717, 1.165) is 19.5 Å². The first-order chi connectivity index (χ1) is 13.8. The molecule has 1 unspecified atom stereocenters. The zero-order valence-corrected chi connectivity index (χ0v) is 17.3. The van der Waals surface area contributed by atoms with E-state index in [4.69, 9.17) is 0 Å². The van der Waals surface area contributed by atoms with Crippen LogP contribution in [0.25, 0.3) is 0 Å². The van der Waals surface area contributed by atoms with E-state index in [-0.39, 0.29) is 6.04 Å². The van der Waals surface area contributed by atoms with E-state index >= 15 is 0 Å². The van der Waals surface area contributed by atoms with E-state index in [1.807, 2.05) is 11.3 Å². The van der Waals surface area contributed by atoms with Crippen LogP contribution in [0.4, 0.5) is 5.82 Å². The highest BCUT2D eigenvalue weighted by atomic mass is 32.2. The Morgan fingerprint density at radius 3 is 2.86 bits per heavy atom. The molecule has 0 amide bonds. The third kappa shape index (κ3) is 4.04. The summed E-state index contributed by atoms with van der Waals surface area (Å²) < 4.78 is 0. The molecule has 0 fully saturated rings. The van der Waals surface area contributed by atoms with Gasteiger partial charge in [0.05, 0.1) is 6.04 Å². The van der Waals surface area contributed by atoms with Crippen LogP contribution in [0.5, 0.6) is 0 Å². The van der Waals surface area contributed by atoms with Crippen LogP contribution in [0.15, 0.2) is 53.0 Å². The molecule has 4 rings (SSSR count). The first kappa shape index (κ1) is 18.9. The van der Waals surface area contributed by atoms with Gasteiger partial charge in [0.25, 0.3) is 0 Å². The smallest absolute Gasteiger partial charge is 0.182 e. The van der Waals surface area contributed by atoms with E-state index < -0.39 is 0 Å². The van der Waals surface area contributed by atoms with Crippen molar-refractivity contribution in [3.63, 3.8) is 0 Å². The van der Waals surface area contributed by atoms with Crippen LogP contribution < -0.4 is 5.32 Å². The number of hydrogen-bond donors (Lipinski definition) is 1. The maximum atomic E-state index is 9.29. The van der Waals surface area contributed by atoms with Crippen molar-refractivity contribution in [3.8, 4) is 6.07 Å². The molecule has 142 valence electrons. The van der Waals surface area contributed by atoms with Gasteiger partial charge < -0.3 is 5.32 Å². The van der Waals surface area contributed by atoms with Gasteiger partial charge in [-0.2, -0.15) is 5.26 Å². The minimum atomic E-state index is 0.192. The predicted octanol–water partition coefficient (Wildman–Crippen LogP) is 4.34. The molecule has 1 N–H and O–H groups in total. The second-order valence-electron chi connectivity index (χ2n) is 6.62. The van der Waals surface area contributed by atoms with E-state index in [0.29, 0.717) is 18.1 Å². The maximum absolute atomic E-state index is 9.29. The van der Waals surface area contributed by atoms with Gasteiger partial charge in [-0.3, -0.25) is 4.90 Å². The molecule has 0 saturated heterocycles. The normalized spacial score (nSPS) is 14.9. The highest BCUT2D eigenvalue weighted by Gasteiger charge is 2.26. The van der Waals surface area contributed by atoms with E-state index in [1.165, 1.54) is 20.9 Å². The highest BCUT2D eigenvalue weighted by molar-refractivity contribution is 7.98. The lowest BCUT2D eigenvalue weighted by atomic mass is 10.0. The Balaban J connectivity index is 1.59. The number of anilines is 1. The number of nitrogens with one attached hydrogen (secondary N) is 1. The molecular weight excluding hydrogens is 386 g/mol. The van der Waals surface area contributed by atoms with Crippen molar-refractivity contribution in [3.05, 3.63) is 69.8 Å². The first-order valence-electron chi connectivity index (χ1n) is 9.16. The van der Waals surface area contributed by atoms with Crippen molar-refractivity contribution in [1.29, 1.82) is 5.26 Å². The monoisotopic (exact) mass is 407 g/mol. The van der Waals surface area contributed by atoms with Crippen LogP contribution in [0.2, 0.25) is 0 Å². The van der Waals surface area contributed by atoms with Crippen LogP contribution in [0, 0.1) is 11.3 Å². The van der Waals surface area contributed by atoms with Crippen LogP contribution >= 0.6 is 23.1 Å². The fourth-order valence-corrected chi connectivity index (χ4v) is 4.86. The first-order valence-corrected chi connectivity index (χ1v) is 11.3. The van der Waals surface area contributed by atoms with E-state index in [9.17, 15) is 5.26 Å². The Morgan fingerprint density at radius 2 is 2.07 bits per heavy atom. The molecule has 0 saturated carbocycles. The minimum absolute atomic E-state index is 0.192. The summed E-state index contributed by atoms with van der Waals surface area (Å²) >= 11 is 3.61. The Morgan fingerprint density at radius 1 is 1.25 bits per heavy atom. The van der Waals surface area contributed by atoms with Gasteiger partial charge in [0.2, 0.25) is 0 Å². The average Bonchev–Trinajstić information content (AvgIpc) is 3.22. The highest BCUT2D eigenvalue weighted by Crippen LogP contribution is 2.31. The summed E-state index contributed by atoms with van der Waals surface area (Å²) in [4.78, 5) is 13.7. The average molecular weight is 408 g/mol.